The Balaban J connectivity index is 2.59. The summed E-state index contributed by atoms with van der Waals surface area (Å²) in [5, 5.41) is 3.13. The van der Waals surface area contributed by atoms with E-state index < -0.39 is 0 Å². The fraction of sp³-hybridized carbons (Fsp3) is 0.364. The molecule has 0 atom stereocenters. The van der Waals surface area contributed by atoms with Crippen molar-refractivity contribution in [1.82, 2.24) is 10.2 Å². The van der Waals surface area contributed by atoms with Gasteiger partial charge in [0.05, 0.1) is 17.3 Å². The van der Waals surface area contributed by atoms with E-state index in [9.17, 15) is 4.79 Å². The molecule has 0 bridgehead atoms. The maximum Gasteiger partial charge on any atom is 0.233 e. The molecule has 0 unspecified atom stereocenters. The molecule has 1 aromatic rings. The fourth-order valence-electron chi connectivity index (χ4n) is 1.38. The Bertz CT molecular complexity index is 381. The monoisotopic (exact) mass is 241 g/mol. The minimum Gasteiger partial charge on any atom is -0.398 e. The zero-order chi connectivity index (χ0) is 12.1. The van der Waals surface area contributed by atoms with Crippen LogP contribution in [0.15, 0.2) is 18.2 Å². The van der Waals surface area contributed by atoms with Gasteiger partial charge in [-0.15, -0.1) is 0 Å². The van der Waals surface area contributed by atoms with Crippen LogP contribution in [0.4, 0.5) is 5.69 Å². The predicted octanol–water partition coefficient (Wildman–Crippen LogP) is 1.10. The number of benzene rings is 1. The molecule has 0 spiro atoms. The third-order valence-electron chi connectivity index (χ3n) is 2.21. The Labute approximate surface area is 100 Å². The van der Waals surface area contributed by atoms with E-state index in [2.05, 4.69) is 5.32 Å². The Morgan fingerprint density at radius 2 is 2.25 bits per heavy atom. The first-order valence-electron chi connectivity index (χ1n) is 4.96. The largest absolute Gasteiger partial charge is 0.398 e. The van der Waals surface area contributed by atoms with Crippen LogP contribution in [0.5, 0.6) is 0 Å². The van der Waals surface area contributed by atoms with Crippen LogP contribution in [0.3, 0.4) is 0 Å². The van der Waals surface area contributed by atoms with Gasteiger partial charge in [-0.25, -0.2) is 0 Å². The first-order chi connectivity index (χ1) is 7.52. The second-order valence-electron chi connectivity index (χ2n) is 3.70. The molecule has 16 heavy (non-hydrogen) atoms. The lowest BCUT2D eigenvalue weighted by atomic mass is 10.2. The first kappa shape index (κ1) is 12.8. The van der Waals surface area contributed by atoms with Crippen LogP contribution in [0.1, 0.15) is 5.56 Å². The highest BCUT2D eigenvalue weighted by atomic mass is 35.5. The van der Waals surface area contributed by atoms with Crippen LogP contribution in [-0.4, -0.2) is 31.4 Å². The third kappa shape index (κ3) is 3.72. The topological polar surface area (TPSA) is 58.4 Å². The number of amides is 1. The molecule has 0 heterocycles. The highest BCUT2D eigenvalue weighted by molar-refractivity contribution is 6.33. The van der Waals surface area contributed by atoms with Crippen LogP contribution in [0.2, 0.25) is 5.02 Å². The first-order valence-corrected chi connectivity index (χ1v) is 5.33. The lowest BCUT2D eigenvalue weighted by Gasteiger charge is -2.15. The van der Waals surface area contributed by atoms with Crippen molar-refractivity contribution in [2.75, 3.05) is 26.4 Å². The average molecular weight is 242 g/mol. The summed E-state index contributed by atoms with van der Waals surface area (Å²) in [5.41, 5.74) is 7.29. The Morgan fingerprint density at radius 1 is 1.56 bits per heavy atom. The van der Waals surface area contributed by atoms with Crippen molar-refractivity contribution in [3.63, 3.8) is 0 Å². The van der Waals surface area contributed by atoms with Crippen molar-refractivity contribution < 1.29 is 4.79 Å². The van der Waals surface area contributed by atoms with E-state index in [1.54, 1.807) is 13.1 Å². The number of likely N-dealkylation sites (N-methyl/N-ethyl adjacent to an activating group) is 2. The number of nitrogens with two attached hydrogens (primary N) is 1. The average Bonchev–Trinajstić information content (AvgIpc) is 2.23. The van der Waals surface area contributed by atoms with Crippen LogP contribution in [0.25, 0.3) is 0 Å². The summed E-state index contributed by atoms with van der Waals surface area (Å²) in [7, 11) is 3.50. The second-order valence-corrected chi connectivity index (χ2v) is 4.11. The SMILES string of the molecule is CNC(=O)CN(C)Cc1ccc(Cl)c(N)c1. The van der Waals surface area contributed by atoms with Gasteiger partial charge in [0.1, 0.15) is 0 Å². The van der Waals surface area contributed by atoms with E-state index in [1.807, 2.05) is 24.1 Å². The zero-order valence-corrected chi connectivity index (χ0v) is 10.2. The Hall–Kier alpha value is -1.26. The van der Waals surface area contributed by atoms with E-state index in [-0.39, 0.29) is 5.91 Å². The van der Waals surface area contributed by atoms with Gasteiger partial charge in [-0.05, 0) is 24.7 Å². The lowest BCUT2D eigenvalue weighted by Crippen LogP contribution is -2.32. The number of nitrogens with zero attached hydrogens (tertiary/aromatic N) is 1. The maximum atomic E-state index is 11.1. The van der Waals surface area contributed by atoms with Gasteiger partial charge < -0.3 is 11.1 Å². The van der Waals surface area contributed by atoms with E-state index in [0.717, 1.165) is 5.56 Å². The zero-order valence-electron chi connectivity index (χ0n) is 9.46. The molecule has 0 aliphatic heterocycles. The lowest BCUT2D eigenvalue weighted by molar-refractivity contribution is -0.121. The van der Waals surface area contributed by atoms with Crippen molar-refractivity contribution >= 4 is 23.2 Å². The van der Waals surface area contributed by atoms with Gasteiger partial charge in [-0.2, -0.15) is 0 Å². The number of hydrogen-bond acceptors (Lipinski definition) is 3. The molecule has 0 aromatic heterocycles. The van der Waals surface area contributed by atoms with Crippen LogP contribution >= 0.6 is 11.6 Å². The number of nitrogen functional groups attached to an aromatic ring is 1. The number of anilines is 1. The highest BCUT2D eigenvalue weighted by Gasteiger charge is 2.06. The summed E-state index contributed by atoms with van der Waals surface area (Å²) in [5.74, 6) is -0.00978. The van der Waals surface area contributed by atoms with Gasteiger partial charge in [0, 0.05) is 13.6 Å². The van der Waals surface area contributed by atoms with Crippen LogP contribution in [0, 0.1) is 0 Å². The Morgan fingerprint density at radius 3 is 2.81 bits per heavy atom. The number of nitrogens with one attached hydrogen (secondary N) is 1. The third-order valence-corrected chi connectivity index (χ3v) is 2.55. The molecule has 0 fully saturated rings. The number of rotatable bonds is 4. The number of hydrogen-bond donors (Lipinski definition) is 2. The predicted molar refractivity (Wildman–Crippen MR) is 66.3 cm³/mol. The maximum absolute atomic E-state index is 11.1. The molecule has 0 aliphatic carbocycles. The van der Waals surface area contributed by atoms with E-state index in [1.165, 1.54) is 0 Å². The molecule has 1 rings (SSSR count). The van der Waals surface area contributed by atoms with Crippen LogP contribution < -0.4 is 11.1 Å². The number of carbonyl (C=O) groups is 1. The van der Waals surface area contributed by atoms with Crippen molar-refractivity contribution in [3.05, 3.63) is 28.8 Å². The number of carbonyl (C=O) groups excluding carboxylic acids is 1. The van der Waals surface area contributed by atoms with Gasteiger partial charge >= 0.3 is 0 Å². The molecule has 88 valence electrons. The van der Waals surface area contributed by atoms with E-state index in [0.29, 0.717) is 23.8 Å². The van der Waals surface area contributed by atoms with E-state index in [4.69, 9.17) is 17.3 Å². The number of halogens is 1. The smallest absolute Gasteiger partial charge is 0.233 e. The van der Waals surface area contributed by atoms with Gasteiger partial charge in [-0.3, -0.25) is 9.69 Å². The molecule has 5 heteroatoms. The summed E-state index contributed by atoms with van der Waals surface area (Å²) < 4.78 is 0. The summed E-state index contributed by atoms with van der Waals surface area (Å²) in [6.07, 6.45) is 0. The summed E-state index contributed by atoms with van der Waals surface area (Å²) in [6.45, 7) is 1.02. The summed E-state index contributed by atoms with van der Waals surface area (Å²) in [6, 6.07) is 5.49. The Kier molecular flexibility index (Phi) is 4.58. The van der Waals surface area contributed by atoms with Gasteiger partial charge in [0.15, 0.2) is 0 Å². The molecule has 0 radical (unpaired) electrons. The van der Waals surface area contributed by atoms with Gasteiger partial charge in [-0.1, -0.05) is 17.7 Å². The summed E-state index contributed by atoms with van der Waals surface area (Å²) >= 11 is 5.82. The van der Waals surface area contributed by atoms with E-state index >= 15 is 0 Å². The fourth-order valence-corrected chi connectivity index (χ4v) is 1.50. The molecule has 0 saturated carbocycles. The normalized spacial score (nSPS) is 10.5. The molecule has 1 aromatic carbocycles. The second kappa shape index (κ2) is 5.72. The quantitative estimate of drug-likeness (QED) is 0.777. The molecule has 0 aliphatic rings. The standard InChI is InChI=1S/C11H16ClN3O/c1-14-11(16)7-15(2)6-8-3-4-9(12)10(13)5-8/h3-5H,6-7,13H2,1-2H3,(H,14,16). The van der Waals surface area contributed by atoms with Crippen molar-refractivity contribution in [2.45, 2.75) is 6.54 Å². The molecule has 1 amide bonds. The van der Waals surface area contributed by atoms with Gasteiger partial charge in [0.2, 0.25) is 5.91 Å². The molecular weight excluding hydrogens is 226 g/mol. The van der Waals surface area contributed by atoms with Crippen molar-refractivity contribution in [3.8, 4) is 0 Å². The minimum atomic E-state index is -0.00978. The van der Waals surface area contributed by atoms with Crippen molar-refractivity contribution in [1.29, 1.82) is 0 Å². The molecule has 4 nitrogen and oxygen atoms in total. The van der Waals surface area contributed by atoms with Gasteiger partial charge in [0.25, 0.3) is 0 Å². The minimum absolute atomic E-state index is 0.00978. The van der Waals surface area contributed by atoms with Crippen LogP contribution in [-0.2, 0) is 11.3 Å². The highest BCUT2D eigenvalue weighted by Crippen LogP contribution is 2.19. The molecular formula is C11H16ClN3O. The van der Waals surface area contributed by atoms with Crippen molar-refractivity contribution in [2.24, 2.45) is 0 Å². The summed E-state index contributed by atoms with van der Waals surface area (Å²) in [4.78, 5) is 13.0. The molecule has 0 saturated heterocycles. The molecule has 3 N–H and O–H groups in total.